The molecule has 0 aromatic heterocycles. The summed E-state index contributed by atoms with van der Waals surface area (Å²) in [6, 6.07) is 7.85. The Morgan fingerprint density at radius 2 is 1.94 bits per heavy atom. The summed E-state index contributed by atoms with van der Waals surface area (Å²) >= 11 is 1.75. The summed E-state index contributed by atoms with van der Waals surface area (Å²) in [5, 5.41) is 8.64. The van der Waals surface area contributed by atoms with E-state index in [0.29, 0.717) is 12.1 Å². The quantitative estimate of drug-likeness (QED) is 0.777. The highest BCUT2D eigenvalue weighted by Crippen LogP contribution is 2.10. The Bertz CT molecular complexity index is 504. The lowest BCUT2D eigenvalue weighted by molar-refractivity contribution is 0.578. The molecule has 98 valence electrons. The van der Waals surface area contributed by atoms with Crippen LogP contribution in [0.25, 0.3) is 0 Å². The van der Waals surface area contributed by atoms with Crippen molar-refractivity contribution in [1.29, 1.82) is 5.26 Å². The minimum absolute atomic E-state index is 0.200. The summed E-state index contributed by atoms with van der Waals surface area (Å²) in [6.45, 7) is 0.447. The van der Waals surface area contributed by atoms with Crippen LogP contribution in [0.4, 0.5) is 0 Å². The van der Waals surface area contributed by atoms with Gasteiger partial charge in [-0.3, -0.25) is 0 Å². The van der Waals surface area contributed by atoms with Crippen LogP contribution in [-0.4, -0.2) is 27.0 Å². The first-order chi connectivity index (χ1) is 8.60. The van der Waals surface area contributed by atoms with Gasteiger partial charge in [-0.15, -0.1) is 0 Å². The van der Waals surface area contributed by atoms with Crippen molar-refractivity contribution in [2.75, 3.05) is 18.6 Å². The van der Waals surface area contributed by atoms with Crippen LogP contribution in [0, 0.1) is 11.3 Å². The van der Waals surface area contributed by atoms with Crippen molar-refractivity contribution in [3.63, 3.8) is 0 Å². The van der Waals surface area contributed by atoms with Crippen LogP contribution in [0.15, 0.2) is 29.2 Å². The molecule has 0 heterocycles. The third-order valence-corrected chi connectivity index (χ3v) is 4.53. The SMILES string of the molecule is CSCCCCNS(=O)(=O)c1ccc(C#N)cc1. The fourth-order valence-corrected chi connectivity index (χ4v) is 2.94. The van der Waals surface area contributed by atoms with Crippen molar-refractivity contribution in [2.45, 2.75) is 17.7 Å². The molecular weight excluding hydrogens is 268 g/mol. The van der Waals surface area contributed by atoms with Crippen LogP contribution in [0.5, 0.6) is 0 Å². The van der Waals surface area contributed by atoms with Gasteiger partial charge >= 0.3 is 0 Å². The number of thioether (sulfide) groups is 1. The normalized spacial score (nSPS) is 11.1. The molecule has 0 amide bonds. The first-order valence-corrected chi connectivity index (χ1v) is 8.46. The van der Waals surface area contributed by atoms with Crippen molar-refractivity contribution in [1.82, 2.24) is 4.72 Å². The number of rotatable bonds is 7. The van der Waals surface area contributed by atoms with Gasteiger partial charge < -0.3 is 0 Å². The lowest BCUT2D eigenvalue weighted by Gasteiger charge is -2.06. The molecule has 0 aliphatic carbocycles. The second-order valence-corrected chi connectivity index (χ2v) is 6.49. The monoisotopic (exact) mass is 284 g/mol. The lowest BCUT2D eigenvalue weighted by atomic mass is 10.2. The van der Waals surface area contributed by atoms with Gasteiger partial charge in [-0.2, -0.15) is 17.0 Å². The molecule has 4 nitrogen and oxygen atoms in total. The Morgan fingerprint density at radius 3 is 2.50 bits per heavy atom. The van der Waals surface area contributed by atoms with Gasteiger partial charge in [0.05, 0.1) is 16.5 Å². The van der Waals surface area contributed by atoms with Crippen LogP contribution in [0.2, 0.25) is 0 Å². The zero-order valence-corrected chi connectivity index (χ0v) is 11.9. The largest absolute Gasteiger partial charge is 0.240 e. The lowest BCUT2D eigenvalue weighted by Crippen LogP contribution is -2.24. The maximum Gasteiger partial charge on any atom is 0.240 e. The van der Waals surface area contributed by atoms with E-state index in [2.05, 4.69) is 4.72 Å². The van der Waals surface area contributed by atoms with Crippen molar-refractivity contribution in [2.24, 2.45) is 0 Å². The third-order valence-electron chi connectivity index (χ3n) is 2.36. The summed E-state index contributed by atoms with van der Waals surface area (Å²) < 4.78 is 26.3. The molecule has 1 aromatic carbocycles. The maximum atomic E-state index is 11.9. The molecule has 0 unspecified atom stereocenters. The highest BCUT2D eigenvalue weighted by atomic mass is 32.2. The molecule has 18 heavy (non-hydrogen) atoms. The van der Waals surface area contributed by atoms with Gasteiger partial charge in [-0.25, -0.2) is 13.1 Å². The van der Waals surface area contributed by atoms with E-state index >= 15 is 0 Å². The molecule has 0 spiro atoms. The summed E-state index contributed by atoms with van der Waals surface area (Å²) in [6.07, 6.45) is 3.86. The number of benzene rings is 1. The van der Waals surface area contributed by atoms with E-state index in [0.717, 1.165) is 18.6 Å². The van der Waals surface area contributed by atoms with E-state index in [1.807, 2.05) is 12.3 Å². The predicted octanol–water partition coefficient (Wildman–Crippen LogP) is 1.98. The molecule has 1 aromatic rings. The van der Waals surface area contributed by atoms with Crippen LogP contribution in [0.1, 0.15) is 18.4 Å². The number of nitriles is 1. The molecule has 0 atom stereocenters. The summed E-state index contributed by atoms with van der Waals surface area (Å²) in [5.41, 5.74) is 0.453. The number of nitrogens with one attached hydrogen (secondary N) is 1. The standard InChI is InChI=1S/C12H16N2O2S2/c1-17-9-3-2-8-14-18(15,16)12-6-4-11(10-13)5-7-12/h4-7,14H,2-3,8-9H2,1H3. The van der Waals surface area contributed by atoms with Gasteiger partial charge in [0, 0.05) is 6.54 Å². The molecule has 0 saturated carbocycles. The van der Waals surface area contributed by atoms with E-state index in [1.54, 1.807) is 11.8 Å². The number of hydrogen-bond donors (Lipinski definition) is 1. The van der Waals surface area contributed by atoms with E-state index in [1.165, 1.54) is 24.3 Å². The Morgan fingerprint density at radius 1 is 1.28 bits per heavy atom. The second kappa shape index (κ2) is 7.41. The first-order valence-electron chi connectivity index (χ1n) is 5.59. The second-order valence-electron chi connectivity index (χ2n) is 3.73. The van der Waals surface area contributed by atoms with Gasteiger partial charge in [-0.05, 0) is 49.1 Å². The molecule has 0 radical (unpaired) electrons. The van der Waals surface area contributed by atoms with Gasteiger partial charge in [0.25, 0.3) is 0 Å². The zero-order chi connectivity index (χ0) is 13.4. The van der Waals surface area contributed by atoms with E-state index < -0.39 is 10.0 Å². The molecule has 1 rings (SSSR count). The molecule has 0 saturated heterocycles. The van der Waals surface area contributed by atoms with Crippen LogP contribution in [-0.2, 0) is 10.0 Å². The number of hydrogen-bond acceptors (Lipinski definition) is 4. The van der Waals surface area contributed by atoms with Crippen molar-refractivity contribution in [3.05, 3.63) is 29.8 Å². The molecule has 6 heteroatoms. The summed E-state index contributed by atoms with van der Waals surface area (Å²) in [5.74, 6) is 1.04. The molecule has 1 N–H and O–H groups in total. The van der Waals surface area contributed by atoms with Gasteiger partial charge in [-0.1, -0.05) is 0 Å². The number of unbranched alkanes of at least 4 members (excludes halogenated alkanes) is 1. The fourth-order valence-electron chi connectivity index (χ4n) is 1.37. The Labute approximate surface area is 112 Å². The molecule has 0 bridgehead atoms. The minimum Gasteiger partial charge on any atom is -0.211 e. The maximum absolute atomic E-state index is 11.9. The predicted molar refractivity (Wildman–Crippen MR) is 74.0 cm³/mol. The van der Waals surface area contributed by atoms with Crippen molar-refractivity contribution < 1.29 is 8.42 Å². The highest BCUT2D eigenvalue weighted by Gasteiger charge is 2.12. The average molecular weight is 284 g/mol. The van der Waals surface area contributed by atoms with Crippen LogP contribution < -0.4 is 4.72 Å². The zero-order valence-electron chi connectivity index (χ0n) is 10.2. The summed E-state index contributed by atoms with van der Waals surface area (Å²) in [7, 11) is -3.44. The highest BCUT2D eigenvalue weighted by molar-refractivity contribution is 7.98. The summed E-state index contributed by atoms with van der Waals surface area (Å²) in [4.78, 5) is 0.200. The van der Waals surface area contributed by atoms with Gasteiger partial charge in [0.2, 0.25) is 10.0 Å². The van der Waals surface area contributed by atoms with E-state index in [9.17, 15) is 8.42 Å². The molecular formula is C12H16N2O2S2. The van der Waals surface area contributed by atoms with Gasteiger partial charge in [0.15, 0.2) is 0 Å². The van der Waals surface area contributed by atoms with Crippen molar-refractivity contribution >= 4 is 21.8 Å². The number of sulfonamides is 1. The Balaban J connectivity index is 2.55. The molecule has 0 fully saturated rings. The molecule has 0 aliphatic heterocycles. The third kappa shape index (κ3) is 4.69. The molecule has 0 aliphatic rings. The fraction of sp³-hybridized carbons (Fsp3) is 0.417. The first kappa shape index (κ1) is 15.0. The smallest absolute Gasteiger partial charge is 0.211 e. The Kier molecular flexibility index (Phi) is 6.19. The van der Waals surface area contributed by atoms with E-state index in [-0.39, 0.29) is 4.90 Å². The van der Waals surface area contributed by atoms with Crippen molar-refractivity contribution in [3.8, 4) is 6.07 Å². The van der Waals surface area contributed by atoms with Crippen LogP contribution in [0.3, 0.4) is 0 Å². The Hall–Kier alpha value is -1.03. The topological polar surface area (TPSA) is 70.0 Å². The average Bonchev–Trinajstić information content (AvgIpc) is 2.38. The number of nitrogens with zero attached hydrogens (tertiary/aromatic N) is 1. The van der Waals surface area contributed by atoms with Gasteiger partial charge in [0.1, 0.15) is 0 Å². The van der Waals surface area contributed by atoms with E-state index in [4.69, 9.17) is 5.26 Å². The van der Waals surface area contributed by atoms with Crippen LogP contribution >= 0.6 is 11.8 Å². The minimum atomic E-state index is -3.44.